The molecule has 84 valence electrons. The summed E-state index contributed by atoms with van der Waals surface area (Å²) in [5, 5.41) is 4.76. The van der Waals surface area contributed by atoms with Crippen LogP contribution in [0.1, 0.15) is 18.5 Å². The van der Waals surface area contributed by atoms with Crippen LogP contribution in [0.3, 0.4) is 0 Å². The van der Waals surface area contributed by atoms with E-state index in [0.29, 0.717) is 5.11 Å². The van der Waals surface area contributed by atoms with Crippen LogP contribution in [0.25, 0.3) is 0 Å². The predicted octanol–water partition coefficient (Wildman–Crippen LogP) is 1.39. The Bertz CT molecular complexity index is 371. The Morgan fingerprint density at radius 3 is 2.94 bits per heavy atom. The van der Waals surface area contributed by atoms with Crippen LogP contribution in [-0.2, 0) is 0 Å². The molecule has 1 saturated heterocycles. The highest BCUT2D eigenvalue weighted by Crippen LogP contribution is 2.06. The number of thiocarbonyl (C=S) groups is 1. The molecular weight excluding hydrogens is 220 g/mol. The van der Waals surface area contributed by atoms with E-state index < -0.39 is 0 Å². The van der Waals surface area contributed by atoms with Crippen molar-refractivity contribution in [1.29, 1.82) is 0 Å². The third kappa shape index (κ3) is 3.00. The molecule has 0 spiro atoms. The first-order valence-electron chi connectivity index (χ1n) is 5.35. The van der Waals surface area contributed by atoms with Crippen molar-refractivity contribution in [2.24, 2.45) is 5.10 Å². The van der Waals surface area contributed by atoms with Crippen LogP contribution < -0.4 is 5.43 Å². The van der Waals surface area contributed by atoms with E-state index in [1.54, 1.807) is 12.4 Å². The highest BCUT2D eigenvalue weighted by atomic mass is 32.1. The maximum Gasteiger partial charge on any atom is 0.189 e. The summed E-state index contributed by atoms with van der Waals surface area (Å²) in [5.74, 6) is 0. The van der Waals surface area contributed by atoms with Crippen LogP contribution in [0.15, 0.2) is 29.5 Å². The Morgan fingerprint density at radius 1 is 1.44 bits per heavy atom. The number of aromatic nitrogens is 1. The van der Waals surface area contributed by atoms with Crippen molar-refractivity contribution in [3.63, 3.8) is 0 Å². The summed E-state index contributed by atoms with van der Waals surface area (Å²) in [6.45, 7) is 2.07. The summed E-state index contributed by atoms with van der Waals surface area (Å²) in [5.41, 5.74) is 3.68. The van der Waals surface area contributed by atoms with Gasteiger partial charge in [0, 0.05) is 19.3 Å². The summed E-state index contributed by atoms with van der Waals surface area (Å²) in [7, 11) is 0. The minimum absolute atomic E-state index is 0.699. The molecule has 0 saturated carbocycles. The van der Waals surface area contributed by atoms with Crippen molar-refractivity contribution < 1.29 is 0 Å². The lowest BCUT2D eigenvalue weighted by atomic mass is 10.4. The Kier molecular flexibility index (Phi) is 3.82. The van der Waals surface area contributed by atoms with Crippen LogP contribution >= 0.6 is 12.2 Å². The molecule has 16 heavy (non-hydrogen) atoms. The predicted molar refractivity (Wildman–Crippen MR) is 68.4 cm³/mol. The van der Waals surface area contributed by atoms with Gasteiger partial charge in [-0.15, -0.1) is 0 Å². The molecule has 0 radical (unpaired) electrons. The van der Waals surface area contributed by atoms with Gasteiger partial charge in [-0.25, -0.2) is 0 Å². The molecule has 1 N–H and O–H groups in total. The van der Waals surface area contributed by atoms with E-state index in [1.165, 1.54) is 12.8 Å². The van der Waals surface area contributed by atoms with Gasteiger partial charge in [0.15, 0.2) is 5.11 Å². The lowest BCUT2D eigenvalue weighted by molar-refractivity contribution is 0.509. The molecule has 0 aromatic carbocycles. The zero-order valence-corrected chi connectivity index (χ0v) is 9.78. The van der Waals surface area contributed by atoms with Gasteiger partial charge in [-0.2, -0.15) is 5.10 Å². The molecule has 1 aliphatic heterocycles. The maximum atomic E-state index is 5.21. The number of rotatable bonds is 2. The molecule has 0 amide bonds. The van der Waals surface area contributed by atoms with Crippen molar-refractivity contribution in [3.05, 3.63) is 30.1 Å². The third-order valence-corrected chi connectivity index (χ3v) is 2.79. The molecule has 0 aliphatic carbocycles. The van der Waals surface area contributed by atoms with Gasteiger partial charge in [0.25, 0.3) is 0 Å². The van der Waals surface area contributed by atoms with E-state index in [9.17, 15) is 0 Å². The Balaban J connectivity index is 1.82. The number of hydrogen-bond acceptors (Lipinski definition) is 3. The first-order valence-corrected chi connectivity index (χ1v) is 5.76. The van der Waals surface area contributed by atoms with Crippen LogP contribution in [0.4, 0.5) is 0 Å². The molecule has 1 aliphatic rings. The van der Waals surface area contributed by atoms with Crippen molar-refractivity contribution in [3.8, 4) is 0 Å². The molecule has 0 bridgehead atoms. The second-order valence-corrected chi connectivity index (χ2v) is 4.01. The number of likely N-dealkylation sites (tertiary alicyclic amines) is 1. The maximum absolute atomic E-state index is 5.21. The summed E-state index contributed by atoms with van der Waals surface area (Å²) < 4.78 is 0. The van der Waals surface area contributed by atoms with Crippen LogP contribution in [-0.4, -0.2) is 34.3 Å². The van der Waals surface area contributed by atoms with E-state index in [0.717, 1.165) is 18.8 Å². The second kappa shape index (κ2) is 5.55. The SMILES string of the molecule is S=C(N/N=C\c1ccccn1)N1CCCC1. The first-order chi connectivity index (χ1) is 7.86. The minimum atomic E-state index is 0.699. The third-order valence-electron chi connectivity index (χ3n) is 2.44. The minimum Gasteiger partial charge on any atom is -0.348 e. The highest BCUT2D eigenvalue weighted by Gasteiger charge is 2.13. The van der Waals surface area contributed by atoms with Gasteiger partial charge in [-0.05, 0) is 37.2 Å². The fourth-order valence-electron chi connectivity index (χ4n) is 1.60. The van der Waals surface area contributed by atoms with Gasteiger partial charge in [-0.3, -0.25) is 10.4 Å². The number of pyridine rings is 1. The first kappa shape index (κ1) is 11.0. The molecular formula is C11H14N4S. The standard InChI is InChI=1S/C11H14N4S/c16-11(15-7-3-4-8-15)14-13-9-10-5-1-2-6-12-10/h1-2,5-6,9H,3-4,7-8H2,(H,14,16)/b13-9-. The van der Waals surface area contributed by atoms with Crippen LogP contribution in [0, 0.1) is 0 Å². The van der Waals surface area contributed by atoms with Gasteiger partial charge >= 0.3 is 0 Å². The van der Waals surface area contributed by atoms with Crippen LogP contribution in [0.5, 0.6) is 0 Å². The zero-order chi connectivity index (χ0) is 11.2. The van der Waals surface area contributed by atoms with Gasteiger partial charge in [0.05, 0.1) is 11.9 Å². The lowest BCUT2D eigenvalue weighted by Crippen LogP contribution is -2.34. The molecule has 1 fully saturated rings. The quantitative estimate of drug-likeness (QED) is 0.477. The fraction of sp³-hybridized carbons (Fsp3) is 0.364. The molecule has 2 heterocycles. The van der Waals surface area contributed by atoms with Crippen molar-refractivity contribution in [2.75, 3.05) is 13.1 Å². The number of hydrogen-bond donors (Lipinski definition) is 1. The lowest BCUT2D eigenvalue weighted by Gasteiger charge is -2.16. The largest absolute Gasteiger partial charge is 0.348 e. The fourth-order valence-corrected chi connectivity index (χ4v) is 1.83. The highest BCUT2D eigenvalue weighted by molar-refractivity contribution is 7.80. The van der Waals surface area contributed by atoms with Crippen LogP contribution in [0.2, 0.25) is 0 Å². The Labute approximate surface area is 100 Å². The number of nitrogens with one attached hydrogen (secondary N) is 1. The average molecular weight is 234 g/mol. The van der Waals surface area contributed by atoms with Gasteiger partial charge in [0.1, 0.15) is 0 Å². The monoisotopic (exact) mass is 234 g/mol. The molecule has 4 nitrogen and oxygen atoms in total. The normalized spacial score (nSPS) is 15.6. The van der Waals surface area contributed by atoms with E-state index in [1.807, 2.05) is 18.2 Å². The van der Waals surface area contributed by atoms with Crippen molar-refractivity contribution in [1.82, 2.24) is 15.3 Å². The molecule has 1 aromatic rings. The van der Waals surface area contributed by atoms with E-state index in [4.69, 9.17) is 12.2 Å². The van der Waals surface area contributed by atoms with E-state index >= 15 is 0 Å². The molecule has 2 rings (SSSR count). The van der Waals surface area contributed by atoms with Gasteiger partial charge in [-0.1, -0.05) is 6.07 Å². The molecule has 5 heteroatoms. The average Bonchev–Trinajstić information content (AvgIpc) is 2.84. The zero-order valence-electron chi connectivity index (χ0n) is 8.97. The second-order valence-electron chi connectivity index (χ2n) is 3.62. The summed E-state index contributed by atoms with van der Waals surface area (Å²) in [6, 6.07) is 5.69. The summed E-state index contributed by atoms with van der Waals surface area (Å²) in [4.78, 5) is 6.26. The topological polar surface area (TPSA) is 40.5 Å². The summed E-state index contributed by atoms with van der Waals surface area (Å²) >= 11 is 5.21. The number of nitrogens with zero attached hydrogens (tertiary/aromatic N) is 3. The number of hydrazone groups is 1. The summed E-state index contributed by atoms with van der Waals surface area (Å²) in [6.07, 6.45) is 5.83. The Morgan fingerprint density at radius 2 is 2.25 bits per heavy atom. The van der Waals surface area contributed by atoms with E-state index in [-0.39, 0.29) is 0 Å². The van der Waals surface area contributed by atoms with Crippen molar-refractivity contribution >= 4 is 23.5 Å². The smallest absolute Gasteiger partial charge is 0.189 e. The van der Waals surface area contributed by atoms with Gasteiger partial charge in [0.2, 0.25) is 0 Å². The van der Waals surface area contributed by atoms with Gasteiger partial charge < -0.3 is 4.90 Å². The molecule has 0 atom stereocenters. The molecule has 1 aromatic heterocycles. The van der Waals surface area contributed by atoms with Crippen molar-refractivity contribution in [2.45, 2.75) is 12.8 Å². The molecule has 0 unspecified atom stereocenters. The Hall–Kier alpha value is -1.49. The van der Waals surface area contributed by atoms with E-state index in [2.05, 4.69) is 20.4 Å².